The molecule has 2 aliphatic rings. The van der Waals surface area contributed by atoms with Crippen molar-refractivity contribution in [1.29, 1.82) is 0 Å². The average Bonchev–Trinajstić information content (AvgIpc) is 2.91. The van der Waals surface area contributed by atoms with Crippen LogP contribution in [0.15, 0.2) is 24.3 Å². The first-order valence-electron chi connectivity index (χ1n) is 9.37. The molecular formula is C20H29N3O3. The third kappa shape index (κ3) is 3.56. The number of likely N-dealkylation sites (N-methyl/N-ethyl adjacent to an activating group) is 1. The summed E-state index contributed by atoms with van der Waals surface area (Å²) in [5.74, 6) is 0.738. The fraction of sp³-hybridized carbons (Fsp3) is 0.600. The first kappa shape index (κ1) is 18.7. The molecule has 1 atom stereocenters. The number of benzene rings is 1. The number of nitrogens with zero attached hydrogens (tertiary/aromatic N) is 2. The lowest BCUT2D eigenvalue weighted by Crippen LogP contribution is -2.59. The smallest absolute Gasteiger partial charge is 0.257 e. The number of para-hydroxylation sites is 1. The van der Waals surface area contributed by atoms with Crippen LogP contribution < -0.4 is 10.1 Å². The number of nitrogens with one attached hydrogen (secondary N) is 1. The number of carbonyl (C=O) groups excluding carboxylic acids is 2. The van der Waals surface area contributed by atoms with Gasteiger partial charge in [0, 0.05) is 31.1 Å². The molecule has 6 nitrogen and oxygen atoms in total. The molecule has 1 aromatic carbocycles. The Balaban J connectivity index is 1.64. The van der Waals surface area contributed by atoms with E-state index in [0.29, 0.717) is 31.0 Å². The maximum Gasteiger partial charge on any atom is 0.257 e. The number of rotatable bonds is 5. The van der Waals surface area contributed by atoms with Crippen molar-refractivity contribution in [3.63, 3.8) is 0 Å². The highest BCUT2D eigenvalue weighted by atomic mass is 16.5. The molecule has 2 fully saturated rings. The van der Waals surface area contributed by atoms with Crippen molar-refractivity contribution in [3.05, 3.63) is 29.8 Å². The summed E-state index contributed by atoms with van der Waals surface area (Å²) < 4.78 is 5.59. The van der Waals surface area contributed by atoms with E-state index in [1.165, 1.54) is 0 Å². The zero-order valence-corrected chi connectivity index (χ0v) is 16.1. The Labute approximate surface area is 155 Å². The minimum atomic E-state index is -0.106. The standard InChI is InChI=1S/C20H29N3O3/c1-5-26-17-9-7-6-8-15(17)19(25)23-12-20(13-23)10-16(22(4)11-20)18(24)21-14(2)3/h6-9,14,16H,5,10-13H2,1-4H3,(H,21,24). The number of hydrogen-bond donors (Lipinski definition) is 1. The molecule has 1 spiro atoms. The van der Waals surface area contributed by atoms with Gasteiger partial charge >= 0.3 is 0 Å². The molecule has 6 heteroatoms. The Kier molecular flexibility index (Phi) is 5.23. The van der Waals surface area contributed by atoms with Crippen molar-refractivity contribution in [2.24, 2.45) is 5.41 Å². The molecule has 2 amide bonds. The number of hydrogen-bond acceptors (Lipinski definition) is 4. The monoisotopic (exact) mass is 359 g/mol. The number of likely N-dealkylation sites (tertiary alicyclic amines) is 2. The van der Waals surface area contributed by atoms with Crippen LogP contribution in [0.2, 0.25) is 0 Å². The van der Waals surface area contributed by atoms with Gasteiger partial charge in [-0.3, -0.25) is 14.5 Å². The topological polar surface area (TPSA) is 61.9 Å². The summed E-state index contributed by atoms with van der Waals surface area (Å²) in [7, 11) is 1.99. The zero-order chi connectivity index (χ0) is 18.9. The van der Waals surface area contributed by atoms with Gasteiger partial charge in [0.15, 0.2) is 0 Å². The Morgan fingerprint density at radius 1 is 1.27 bits per heavy atom. The lowest BCUT2D eigenvalue weighted by atomic mass is 9.77. The van der Waals surface area contributed by atoms with Gasteiger partial charge in [-0.2, -0.15) is 0 Å². The molecule has 2 saturated heterocycles. The molecular weight excluding hydrogens is 330 g/mol. The van der Waals surface area contributed by atoms with Crippen molar-refractivity contribution >= 4 is 11.8 Å². The van der Waals surface area contributed by atoms with Gasteiger partial charge in [-0.25, -0.2) is 0 Å². The fourth-order valence-electron chi connectivity index (χ4n) is 4.17. The molecule has 2 heterocycles. The maximum atomic E-state index is 12.9. The minimum absolute atomic E-state index is 0.0115. The molecule has 0 saturated carbocycles. The predicted octanol–water partition coefficient (Wildman–Crippen LogP) is 1.76. The van der Waals surface area contributed by atoms with Gasteiger partial charge in [-0.15, -0.1) is 0 Å². The van der Waals surface area contributed by atoms with Crippen molar-refractivity contribution in [3.8, 4) is 5.75 Å². The number of amides is 2. The van der Waals surface area contributed by atoms with E-state index in [9.17, 15) is 9.59 Å². The van der Waals surface area contributed by atoms with E-state index >= 15 is 0 Å². The van der Waals surface area contributed by atoms with E-state index in [1.807, 2.05) is 57.0 Å². The van der Waals surface area contributed by atoms with Gasteiger partial charge in [0.2, 0.25) is 5.91 Å². The van der Waals surface area contributed by atoms with Crippen LogP contribution in [-0.4, -0.2) is 67.0 Å². The SMILES string of the molecule is CCOc1ccccc1C(=O)N1CC2(CC(C(=O)NC(C)C)N(C)C2)C1. The van der Waals surface area contributed by atoms with E-state index in [0.717, 1.165) is 13.0 Å². The average molecular weight is 359 g/mol. The summed E-state index contributed by atoms with van der Waals surface area (Å²) in [5, 5.41) is 3.00. The molecule has 0 aromatic heterocycles. The molecule has 0 aliphatic carbocycles. The summed E-state index contributed by atoms with van der Waals surface area (Å²) in [6.07, 6.45) is 0.805. The van der Waals surface area contributed by atoms with Gasteiger partial charge < -0.3 is 15.0 Å². The third-order valence-corrected chi connectivity index (χ3v) is 5.23. The van der Waals surface area contributed by atoms with E-state index in [2.05, 4.69) is 10.2 Å². The Bertz CT molecular complexity index is 683. The van der Waals surface area contributed by atoms with Crippen LogP contribution >= 0.6 is 0 Å². The molecule has 2 aliphatic heterocycles. The van der Waals surface area contributed by atoms with Crippen molar-refractivity contribution in [1.82, 2.24) is 15.1 Å². The zero-order valence-electron chi connectivity index (χ0n) is 16.1. The van der Waals surface area contributed by atoms with Gasteiger partial charge in [-0.1, -0.05) is 12.1 Å². The first-order valence-corrected chi connectivity index (χ1v) is 9.37. The summed E-state index contributed by atoms with van der Waals surface area (Å²) >= 11 is 0. The first-order chi connectivity index (χ1) is 12.3. The summed E-state index contributed by atoms with van der Waals surface area (Å²) in [6, 6.07) is 7.43. The quantitative estimate of drug-likeness (QED) is 0.870. The fourth-order valence-corrected chi connectivity index (χ4v) is 4.17. The van der Waals surface area contributed by atoms with Gasteiger partial charge in [-0.05, 0) is 46.4 Å². The molecule has 1 aromatic rings. The summed E-state index contributed by atoms with van der Waals surface area (Å²) in [6.45, 7) is 8.64. The molecule has 26 heavy (non-hydrogen) atoms. The second-order valence-corrected chi connectivity index (χ2v) is 7.89. The van der Waals surface area contributed by atoms with Crippen LogP contribution in [0.5, 0.6) is 5.75 Å². The molecule has 0 radical (unpaired) electrons. The van der Waals surface area contributed by atoms with E-state index < -0.39 is 0 Å². The van der Waals surface area contributed by atoms with Crippen LogP contribution in [0.1, 0.15) is 37.6 Å². The van der Waals surface area contributed by atoms with Crippen LogP contribution in [0.3, 0.4) is 0 Å². The second-order valence-electron chi connectivity index (χ2n) is 7.89. The van der Waals surface area contributed by atoms with E-state index in [-0.39, 0.29) is 29.3 Å². The molecule has 142 valence electrons. The lowest BCUT2D eigenvalue weighted by molar-refractivity contribution is -0.125. The summed E-state index contributed by atoms with van der Waals surface area (Å²) in [4.78, 5) is 29.2. The summed E-state index contributed by atoms with van der Waals surface area (Å²) in [5.41, 5.74) is 0.647. The molecule has 1 unspecified atom stereocenters. The predicted molar refractivity (Wildman–Crippen MR) is 100 cm³/mol. The largest absolute Gasteiger partial charge is 0.493 e. The van der Waals surface area contributed by atoms with Gasteiger partial charge in [0.05, 0.1) is 18.2 Å². The second kappa shape index (κ2) is 7.27. The normalized spacial score (nSPS) is 21.7. The van der Waals surface area contributed by atoms with Crippen molar-refractivity contribution < 1.29 is 14.3 Å². The van der Waals surface area contributed by atoms with Crippen molar-refractivity contribution in [2.75, 3.05) is 33.3 Å². The van der Waals surface area contributed by atoms with Crippen LogP contribution in [0.4, 0.5) is 0 Å². The highest BCUT2D eigenvalue weighted by Crippen LogP contribution is 2.43. The molecule has 3 rings (SSSR count). The maximum absolute atomic E-state index is 12.9. The highest BCUT2D eigenvalue weighted by Gasteiger charge is 2.53. The highest BCUT2D eigenvalue weighted by molar-refractivity contribution is 5.97. The minimum Gasteiger partial charge on any atom is -0.493 e. The Morgan fingerprint density at radius 3 is 2.62 bits per heavy atom. The van der Waals surface area contributed by atoms with Crippen molar-refractivity contribution in [2.45, 2.75) is 39.3 Å². The van der Waals surface area contributed by atoms with Crippen LogP contribution in [0, 0.1) is 5.41 Å². The van der Waals surface area contributed by atoms with Crippen LogP contribution in [0.25, 0.3) is 0 Å². The number of carbonyl (C=O) groups is 2. The van der Waals surface area contributed by atoms with E-state index in [4.69, 9.17) is 4.74 Å². The van der Waals surface area contributed by atoms with Gasteiger partial charge in [0.25, 0.3) is 5.91 Å². The Hall–Kier alpha value is -2.08. The van der Waals surface area contributed by atoms with Crippen LogP contribution in [-0.2, 0) is 4.79 Å². The molecule has 0 bridgehead atoms. The lowest BCUT2D eigenvalue weighted by Gasteiger charge is -2.48. The third-order valence-electron chi connectivity index (χ3n) is 5.23. The molecule has 1 N–H and O–H groups in total. The Morgan fingerprint density at radius 2 is 1.96 bits per heavy atom. The van der Waals surface area contributed by atoms with Gasteiger partial charge in [0.1, 0.15) is 5.75 Å². The number of ether oxygens (including phenoxy) is 1. The van der Waals surface area contributed by atoms with E-state index in [1.54, 1.807) is 0 Å².